The summed E-state index contributed by atoms with van der Waals surface area (Å²) in [7, 11) is 2.02. The van der Waals surface area contributed by atoms with Crippen molar-refractivity contribution < 1.29 is 9.53 Å². The van der Waals surface area contributed by atoms with Gasteiger partial charge >= 0.3 is 0 Å². The van der Waals surface area contributed by atoms with Crippen molar-refractivity contribution >= 4 is 21.8 Å². The predicted molar refractivity (Wildman–Crippen MR) is 91.2 cm³/mol. The van der Waals surface area contributed by atoms with Gasteiger partial charge in [-0.1, -0.05) is 15.9 Å². The molecule has 1 aromatic rings. The summed E-state index contributed by atoms with van der Waals surface area (Å²) in [4.78, 5) is 16.2. The Balaban J connectivity index is 1.60. The summed E-state index contributed by atoms with van der Waals surface area (Å²) in [5.41, 5.74) is 0. The number of amides is 1. The molecule has 1 N–H and O–H groups in total. The largest absolute Gasteiger partial charge is 0.492 e. The lowest BCUT2D eigenvalue weighted by atomic mass is 10.3. The number of ether oxygens (including phenoxy) is 1. The topological polar surface area (TPSA) is 44.8 Å². The van der Waals surface area contributed by atoms with E-state index in [2.05, 4.69) is 26.1 Å². The molecule has 1 heterocycles. The Hall–Kier alpha value is -1.11. The van der Waals surface area contributed by atoms with Gasteiger partial charge in [0.1, 0.15) is 12.4 Å². The molecule has 5 nitrogen and oxygen atoms in total. The van der Waals surface area contributed by atoms with E-state index in [1.807, 2.05) is 36.2 Å². The first kappa shape index (κ1) is 17.2. The Kier molecular flexibility index (Phi) is 7.15. The zero-order chi connectivity index (χ0) is 15.8. The minimum atomic E-state index is 0.252. The molecule has 0 aromatic heterocycles. The molecule has 1 aromatic carbocycles. The van der Waals surface area contributed by atoms with Crippen LogP contribution in [0.4, 0.5) is 0 Å². The van der Waals surface area contributed by atoms with Crippen molar-refractivity contribution in [3.63, 3.8) is 0 Å². The number of likely N-dealkylation sites (N-methyl/N-ethyl adjacent to an activating group) is 1. The fourth-order valence-corrected chi connectivity index (χ4v) is 2.59. The van der Waals surface area contributed by atoms with Crippen molar-refractivity contribution in [2.75, 3.05) is 52.9 Å². The summed E-state index contributed by atoms with van der Waals surface area (Å²) in [5, 5.41) is 3.26. The maximum atomic E-state index is 12.1. The van der Waals surface area contributed by atoms with E-state index in [-0.39, 0.29) is 5.91 Å². The minimum Gasteiger partial charge on any atom is -0.492 e. The maximum absolute atomic E-state index is 12.1. The smallest absolute Gasteiger partial charge is 0.223 e. The summed E-state index contributed by atoms with van der Waals surface area (Å²) in [6, 6.07) is 7.81. The SMILES string of the molecule is CN(CCOc1ccc(Br)cc1)CCC(=O)N1CCNCC1. The number of rotatable bonds is 7. The van der Waals surface area contributed by atoms with E-state index in [1.54, 1.807) is 0 Å². The van der Waals surface area contributed by atoms with E-state index in [1.165, 1.54) is 0 Å². The molecule has 1 fully saturated rings. The normalized spacial score (nSPS) is 15.1. The first-order valence-corrected chi connectivity index (χ1v) is 8.50. The van der Waals surface area contributed by atoms with E-state index in [0.29, 0.717) is 13.0 Å². The molecular weight excluding hydrogens is 346 g/mol. The van der Waals surface area contributed by atoms with Crippen LogP contribution in [0.1, 0.15) is 6.42 Å². The summed E-state index contributed by atoms with van der Waals surface area (Å²) in [6.07, 6.45) is 0.578. The molecule has 0 atom stereocenters. The number of hydrogen-bond donors (Lipinski definition) is 1. The Morgan fingerprint density at radius 2 is 1.95 bits per heavy atom. The number of hydrogen-bond acceptors (Lipinski definition) is 4. The lowest BCUT2D eigenvalue weighted by Crippen LogP contribution is -2.47. The number of halogens is 1. The van der Waals surface area contributed by atoms with Gasteiger partial charge in [-0.3, -0.25) is 4.79 Å². The molecular formula is C16H24BrN3O2. The Bertz CT molecular complexity index is 461. The highest BCUT2D eigenvalue weighted by Crippen LogP contribution is 2.15. The number of carbonyl (C=O) groups is 1. The molecule has 0 aliphatic carbocycles. The summed E-state index contributed by atoms with van der Waals surface area (Å²) in [6.45, 7) is 5.67. The van der Waals surface area contributed by atoms with Crippen molar-refractivity contribution in [2.45, 2.75) is 6.42 Å². The van der Waals surface area contributed by atoms with Crippen LogP contribution in [-0.4, -0.2) is 68.6 Å². The van der Waals surface area contributed by atoms with Gasteiger partial charge in [-0.2, -0.15) is 0 Å². The molecule has 2 rings (SSSR count). The van der Waals surface area contributed by atoms with E-state index in [9.17, 15) is 4.79 Å². The van der Waals surface area contributed by atoms with Gasteiger partial charge in [0.2, 0.25) is 5.91 Å². The number of carbonyl (C=O) groups excluding carboxylic acids is 1. The number of piperazine rings is 1. The van der Waals surface area contributed by atoms with E-state index >= 15 is 0 Å². The van der Waals surface area contributed by atoms with Crippen LogP contribution in [0.2, 0.25) is 0 Å². The summed E-state index contributed by atoms with van der Waals surface area (Å²) < 4.78 is 6.73. The molecule has 0 radical (unpaired) electrons. The molecule has 1 aliphatic heterocycles. The average molecular weight is 370 g/mol. The summed E-state index contributed by atoms with van der Waals surface area (Å²) >= 11 is 3.40. The standard InChI is InChI=1S/C16H24BrN3O2/c1-19(9-6-16(21)20-10-7-18-8-11-20)12-13-22-15-4-2-14(17)3-5-15/h2-5,18H,6-13H2,1H3. The molecule has 0 bridgehead atoms. The second kappa shape index (κ2) is 9.12. The van der Waals surface area contributed by atoms with Gasteiger partial charge in [0.15, 0.2) is 0 Å². The van der Waals surface area contributed by atoms with Crippen molar-refractivity contribution in [1.82, 2.24) is 15.1 Å². The van der Waals surface area contributed by atoms with Gasteiger partial charge in [-0.15, -0.1) is 0 Å². The first-order valence-electron chi connectivity index (χ1n) is 7.70. The van der Waals surface area contributed by atoms with Gasteiger partial charge in [-0.25, -0.2) is 0 Å². The highest BCUT2D eigenvalue weighted by molar-refractivity contribution is 9.10. The van der Waals surface area contributed by atoms with Gasteiger partial charge in [0.05, 0.1) is 0 Å². The van der Waals surface area contributed by atoms with E-state index < -0.39 is 0 Å². The van der Waals surface area contributed by atoms with E-state index in [4.69, 9.17) is 4.74 Å². The third kappa shape index (κ3) is 5.94. The molecule has 0 unspecified atom stereocenters. The average Bonchev–Trinajstić information content (AvgIpc) is 2.55. The van der Waals surface area contributed by atoms with Crippen LogP contribution < -0.4 is 10.1 Å². The first-order chi connectivity index (χ1) is 10.6. The van der Waals surface area contributed by atoms with E-state index in [0.717, 1.165) is 49.5 Å². The molecule has 1 saturated heterocycles. The zero-order valence-electron chi connectivity index (χ0n) is 13.1. The van der Waals surface area contributed by atoms with Crippen LogP contribution in [0, 0.1) is 0 Å². The molecule has 6 heteroatoms. The van der Waals surface area contributed by atoms with Crippen molar-refractivity contribution in [2.24, 2.45) is 0 Å². The number of nitrogens with one attached hydrogen (secondary N) is 1. The van der Waals surface area contributed by atoms with Crippen LogP contribution in [-0.2, 0) is 4.79 Å². The molecule has 122 valence electrons. The fourth-order valence-electron chi connectivity index (χ4n) is 2.32. The maximum Gasteiger partial charge on any atom is 0.223 e. The third-order valence-corrected chi connectivity index (χ3v) is 4.26. The minimum absolute atomic E-state index is 0.252. The van der Waals surface area contributed by atoms with Crippen LogP contribution in [0.3, 0.4) is 0 Å². The van der Waals surface area contributed by atoms with Crippen LogP contribution in [0.25, 0.3) is 0 Å². The van der Waals surface area contributed by atoms with Crippen LogP contribution >= 0.6 is 15.9 Å². The monoisotopic (exact) mass is 369 g/mol. The third-order valence-electron chi connectivity index (χ3n) is 3.73. The lowest BCUT2D eigenvalue weighted by molar-refractivity contribution is -0.132. The van der Waals surface area contributed by atoms with Crippen molar-refractivity contribution in [1.29, 1.82) is 0 Å². The van der Waals surface area contributed by atoms with Crippen LogP contribution in [0.15, 0.2) is 28.7 Å². The number of benzene rings is 1. The highest BCUT2D eigenvalue weighted by atomic mass is 79.9. The van der Waals surface area contributed by atoms with Gasteiger partial charge < -0.3 is 19.9 Å². The molecule has 1 amide bonds. The fraction of sp³-hybridized carbons (Fsp3) is 0.562. The number of nitrogens with zero attached hydrogens (tertiary/aromatic N) is 2. The van der Waals surface area contributed by atoms with Crippen molar-refractivity contribution in [3.05, 3.63) is 28.7 Å². The lowest BCUT2D eigenvalue weighted by Gasteiger charge is -2.28. The molecule has 22 heavy (non-hydrogen) atoms. The van der Waals surface area contributed by atoms with Gasteiger partial charge in [0.25, 0.3) is 0 Å². The zero-order valence-corrected chi connectivity index (χ0v) is 14.6. The van der Waals surface area contributed by atoms with Crippen molar-refractivity contribution in [3.8, 4) is 5.75 Å². The highest BCUT2D eigenvalue weighted by Gasteiger charge is 2.16. The van der Waals surface area contributed by atoms with Crippen LogP contribution in [0.5, 0.6) is 5.75 Å². The van der Waals surface area contributed by atoms with Gasteiger partial charge in [0, 0.05) is 50.2 Å². The molecule has 0 spiro atoms. The van der Waals surface area contributed by atoms with Gasteiger partial charge in [-0.05, 0) is 31.3 Å². The Morgan fingerprint density at radius 1 is 1.27 bits per heavy atom. The second-order valence-corrected chi connectivity index (χ2v) is 6.40. The quantitative estimate of drug-likeness (QED) is 0.792. The molecule has 0 saturated carbocycles. The Labute approximate surface area is 140 Å². The predicted octanol–water partition coefficient (Wildman–Crippen LogP) is 1.58. The Morgan fingerprint density at radius 3 is 2.64 bits per heavy atom. The molecule has 1 aliphatic rings. The summed E-state index contributed by atoms with van der Waals surface area (Å²) in [5.74, 6) is 1.12. The second-order valence-electron chi connectivity index (χ2n) is 5.49.